The maximum Gasteiger partial charge on any atom is 0.313 e. The molecule has 138 valence electrons. The number of carbonyl (C=O) groups excluding carboxylic acids is 2. The number of nitrogens with one attached hydrogen (secondary N) is 2. The molecule has 2 aromatic carbocycles. The average molecular weight is 356 g/mol. The molecule has 0 aliphatic heterocycles. The van der Waals surface area contributed by atoms with Gasteiger partial charge in [-0.05, 0) is 29.0 Å². The third-order valence-electron chi connectivity index (χ3n) is 4.21. The maximum atomic E-state index is 13.6. The van der Waals surface area contributed by atoms with Crippen molar-refractivity contribution in [2.75, 3.05) is 5.32 Å². The lowest BCUT2D eigenvalue weighted by atomic mass is 9.92. The molecule has 0 fully saturated rings. The minimum atomic E-state index is -0.790. The Hall–Kier alpha value is -2.69. The molecule has 0 heterocycles. The van der Waals surface area contributed by atoms with Gasteiger partial charge in [0.1, 0.15) is 5.82 Å². The molecule has 2 aromatic rings. The molecule has 2 N–H and O–H groups in total. The first kappa shape index (κ1) is 19.6. The average Bonchev–Trinajstić information content (AvgIpc) is 2.60. The molecule has 0 radical (unpaired) electrons. The van der Waals surface area contributed by atoms with Crippen molar-refractivity contribution in [3.63, 3.8) is 0 Å². The Morgan fingerprint density at radius 3 is 2.00 bits per heavy atom. The second-order valence-corrected chi connectivity index (χ2v) is 6.85. The summed E-state index contributed by atoms with van der Waals surface area (Å²) in [5.74, 6) is -1.56. The monoisotopic (exact) mass is 356 g/mol. The van der Waals surface area contributed by atoms with E-state index in [0.29, 0.717) is 11.3 Å². The summed E-state index contributed by atoms with van der Waals surface area (Å²) in [6, 6.07) is 12.0. The number of carbonyl (C=O) groups is 2. The molecule has 5 heteroatoms. The zero-order chi connectivity index (χ0) is 19.3. The fourth-order valence-corrected chi connectivity index (χ4v) is 2.76. The van der Waals surface area contributed by atoms with Gasteiger partial charge in [0.05, 0.1) is 0 Å². The van der Waals surface area contributed by atoms with Crippen LogP contribution in [0.2, 0.25) is 0 Å². The highest BCUT2D eigenvalue weighted by Gasteiger charge is 2.20. The van der Waals surface area contributed by atoms with Crippen molar-refractivity contribution >= 4 is 17.5 Å². The van der Waals surface area contributed by atoms with Crippen molar-refractivity contribution in [2.24, 2.45) is 0 Å². The predicted octanol–water partition coefficient (Wildman–Crippen LogP) is 4.33. The fraction of sp³-hybridized carbons (Fsp3) is 0.333. The topological polar surface area (TPSA) is 58.2 Å². The van der Waals surface area contributed by atoms with Crippen LogP contribution in [0.15, 0.2) is 42.5 Å². The molecular weight excluding hydrogens is 331 g/mol. The standard InChI is InChI=1S/C21H25FN2O2/c1-13(2)16-9-7-10-17(14(3)4)19(16)24-21(26)20(25)23-12-15-8-5-6-11-18(15)22/h5-11,13-14H,12H2,1-4H3,(H,23,25)(H,24,26). The van der Waals surface area contributed by atoms with Crippen LogP contribution < -0.4 is 10.6 Å². The smallest absolute Gasteiger partial charge is 0.313 e. The Morgan fingerprint density at radius 2 is 1.46 bits per heavy atom. The molecule has 4 nitrogen and oxygen atoms in total. The van der Waals surface area contributed by atoms with E-state index in [1.54, 1.807) is 18.2 Å². The number of anilines is 1. The summed E-state index contributed by atoms with van der Waals surface area (Å²) >= 11 is 0. The molecule has 0 aliphatic rings. The van der Waals surface area contributed by atoms with E-state index >= 15 is 0 Å². The Kier molecular flexibility index (Phi) is 6.50. The van der Waals surface area contributed by atoms with E-state index in [1.165, 1.54) is 6.07 Å². The van der Waals surface area contributed by atoms with E-state index in [2.05, 4.69) is 10.6 Å². The van der Waals surface area contributed by atoms with Crippen LogP contribution in [-0.4, -0.2) is 11.8 Å². The van der Waals surface area contributed by atoms with Gasteiger partial charge in [0, 0.05) is 17.8 Å². The molecule has 0 unspecified atom stereocenters. The van der Waals surface area contributed by atoms with E-state index in [9.17, 15) is 14.0 Å². The van der Waals surface area contributed by atoms with Crippen molar-refractivity contribution < 1.29 is 14.0 Å². The van der Waals surface area contributed by atoms with Crippen LogP contribution in [0.25, 0.3) is 0 Å². The van der Waals surface area contributed by atoms with Crippen LogP contribution in [0.4, 0.5) is 10.1 Å². The van der Waals surface area contributed by atoms with Gasteiger partial charge in [0.25, 0.3) is 0 Å². The molecule has 0 spiro atoms. The molecule has 0 aromatic heterocycles. The van der Waals surface area contributed by atoms with Gasteiger partial charge in [-0.2, -0.15) is 0 Å². The lowest BCUT2D eigenvalue weighted by Gasteiger charge is -2.20. The van der Waals surface area contributed by atoms with Crippen LogP contribution >= 0.6 is 0 Å². The van der Waals surface area contributed by atoms with Crippen molar-refractivity contribution in [1.82, 2.24) is 5.32 Å². The number of rotatable bonds is 5. The number of halogens is 1. The first-order valence-electron chi connectivity index (χ1n) is 8.76. The molecule has 0 saturated heterocycles. The van der Waals surface area contributed by atoms with Gasteiger partial charge >= 0.3 is 11.8 Å². The Labute approximate surface area is 153 Å². The number of hydrogen-bond donors (Lipinski definition) is 2. The zero-order valence-corrected chi connectivity index (χ0v) is 15.6. The largest absolute Gasteiger partial charge is 0.344 e. The Bertz CT molecular complexity index is 774. The van der Waals surface area contributed by atoms with E-state index in [4.69, 9.17) is 0 Å². The van der Waals surface area contributed by atoms with E-state index in [1.807, 2.05) is 45.9 Å². The summed E-state index contributed by atoms with van der Waals surface area (Å²) in [6.07, 6.45) is 0. The van der Waals surface area contributed by atoms with Crippen LogP contribution in [0.5, 0.6) is 0 Å². The second-order valence-electron chi connectivity index (χ2n) is 6.85. The maximum absolute atomic E-state index is 13.6. The van der Waals surface area contributed by atoms with Crippen LogP contribution in [-0.2, 0) is 16.1 Å². The summed E-state index contributed by atoms with van der Waals surface area (Å²) < 4.78 is 13.6. The SMILES string of the molecule is CC(C)c1cccc(C(C)C)c1NC(=O)C(=O)NCc1ccccc1F. The van der Waals surface area contributed by atoms with Gasteiger partial charge < -0.3 is 10.6 Å². The van der Waals surface area contributed by atoms with Crippen LogP contribution in [0.3, 0.4) is 0 Å². The number of hydrogen-bond acceptors (Lipinski definition) is 2. The molecule has 0 aliphatic carbocycles. The molecule has 0 atom stereocenters. The van der Waals surface area contributed by atoms with Gasteiger partial charge in [-0.25, -0.2) is 4.39 Å². The van der Waals surface area contributed by atoms with Gasteiger partial charge in [0.2, 0.25) is 0 Å². The van der Waals surface area contributed by atoms with Gasteiger partial charge in [-0.1, -0.05) is 64.1 Å². The lowest BCUT2D eigenvalue weighted by molar-refractivity contribution is -0.136. The molecule has 2 rings (SSSR count). The van der Waals surface area contributed by atoms with E-state index in [0.717, 1.165) is 11.1 Å². The Balaban J connectivity index is 2.14. The highest BCUT2D eigenvalue weighted by molar-refractivity contribution is 6.39. The number of para-hydroxylation sites is 1. The normalized spacial score (nSPS) is 10.9. The summed E-state index contributed by atoms with van der Waals surface area (Å²) in [5.41, 5.74) is 2.97. The van der Waals surface area contributed by atoms with Crippen molar-refractivity contribution in [1.29, 1.82) is 0 Å². The quantitative estimate of drug-likeness (QED) is 0.784. The van der Waals surface area contributed by atoms with Crippen molar-refractivity contribution in [3.05, 3.63) is 65.0 Å². The molecule has 0 saturated carbocycles. The zero-order valence-electron chi connectivity index (χ0n) is 15.6. The summed E-state index contributed by atoms with van der Waals surface area (Å²) in [4.78, 5) is 24.5. The van der Waals surface area contributed by atoms with E-state index in [-0.39, 0.29) is 18.4 Å². The van der Waals surface area contributed by atoms with Crippen LogP contribution in [0.1, 0.15) is 56.2 Å². The summed E-state index contributed by atoms with van der Waals surface area (Å²) in [7, 11) is 0. The van der Waals surface area contributed by atoms with Crippen molar-refractivity contribution in [2.45, 2.75) is 46.1 Å². The number of benzene rings is 2. The third-order valence-corrected chi connectivity index (χ3v) is 4.21. The Morgan fingerprint density at radius 1 is 0.885 bits per heavy atom. The molecular formula is C21H25FN2O2. The molecule has 26 heavy (non-hydrogen) atoms. The molecule has 0 bridgehead atoms. The van der Waals surface area contributed by atoms with Crippen LogP contribution in [0, 0.1) is 5.82 Å². The highest BCUT2D eigenvalue weighted by atomic mass is 19.1. The van der Waals surface area contributed by atoms with Crippen molar-refractivity contribution in [3.8, 4) is 0 Å². The molecule has 2 amide bonds. The summed E-state index contributed by atoms with van der Waals surface area (Å²) in [6.45, 7) is 8.10. The predicted molar refractivity (Wildman–Crippen MR) is 101 cm³/mol. The second kappa shape index (κ2) is 8.61. The fourth-order valence-electron chi connectivity index (χ4n) is 2.76. The number of amides is 2. The minimum absolute atomic E-state index is 0.0399. The first-order chi connectivity index (χ1) is 12.3. The van der Waals surface area contributed by atoms with Gasteiger partial charge in [-0.15, -0.1) is 0 Å². The highest BCUT2D eigenvalue weighted by Crippen LogP contribution is 2.32. The van der Waals surface area contributed by atoms with Gasteiger partial charge in [-0.3, -0.25) is 9.59 Å². The van der Waals surface area contributed by atoms with E-state index < -0.39 is 17.6 Å². The van der Waals surface area contributed by atoms with Gasteiger partial charge in [0.15, 0.2) is 0 Å². The first-order valence-corrected chi connectivity index (χ1v) is 8.76. The summed E-state index contributed by atoms with van der Waals surface area (Å²) in [5, 5.41) is 5.21. The lowest BCUT2D eigenvalue weighted by Crippen LogP contribution is -2.35. The third kappa shape index (κ3) is 4.69. The minimum Gasteiger partial charge on any atom is -0.344 e.